The van der Waals surface area contributed by atoms with Crippen LogP contribution in [-0.4, -0.2) is 63.7 Å². The molecule has 0 aromatic carbocycles. The van der Waals surface area contributed by atoms with E-state index in [4.69, 9.17) is 0 Å². The molecule has 1 aliphatic rings. The lowest BCUT2D eigenvalue weighted by atomic mass is 9.93. The van der Waals surface area contributed by atoms with Crippen LogP contribution in [0.15, 0.2) is 24.8 Å². The van der Waals surface area contributed by atoms with Crippen LogP contribution < -0.4 is 0 Å². The summed E-state index contributed by atoms with van der Waals surface area (Å²) in [4.78, 5) is 13.2. The van der Waals surface area contributed by atoms with Crippen molar-refractivity contribution in [2.45, 2.75) is 19.3 Å². The Labute approximate surface area is 148 Å². The van der Waals surface area contributed by atoms with Gasteiger partial charge in [-0.1, -0.05) is 0 Å². The van der Waals surface area contributed by atoms with Gasteiger partial charge in [-0.15, -0.1) is 0 Å². The van der Waals surface area contributed by atoms with Crippen LogP contribution in [0.3, 0.4) is 0 Å². The number of aryl methyl sites for hydroxylation is 1. The first-order valence-electron chi connectivity index (χ1n) is 8.34. The lowest BCUT2D eigenvalue weighted by Gasteiger charge is -2.32. The molecule has 2 aromatic heterocycles. The topological polar surface area (TPSA) is 84.2 Å². The smallest absolute Gasteiger partial charge is 0.281 e. The molecule has 0 aliphatic carbocycles. The molecule has 0 atom stereocenters. The highest BCUT2D eigenvalue weighted by molar-refractivity contribution is 7.86. The molecule has 0 N–H and O–H groups in total. The number of aromatic nitrogens is 4. The zero-order chi connectivity index (χ0) is 18.0. The Morgan fingerprint density at radius 2 is 1.88 bits per heavy atom. The lowest BCUT2D eigenvalue weighted by molar-refractivity contribution is 0.261. The number of piperidine rings is 1. The fourth-order valence-corrected chi connectivity index (χ4v) is 4.19. The quantitative estimate of drug-likeness (QED) is 0.788. The van der Waals surface area contributed by atoms with Crippen molar-refractivity contribution in [1.82, 2.24) is 28.1 Å². The van der Waals surface area contributed by atoms with Crippen LogP contribution in [0.5, 0.6) is 0 Å². The lowest BCUT2D eigenvalue weighted by Crippen LogP contribution is -2.44. The van der Waals surface area contributed by atoms with Crippen LogP contribution >= 0.6 is 0 Å². The predicted molar refractivity (Wildman–Crippen MR) is 94.8 cm³/mol. The number of nitrogens with zero attached hydrogens (tertiary/aromatic N) is 6. The highest BCUT2D eigenvalue weighted by Gasteiger charge is 2.29. The maximum absolute atomic E-state index is 12.1. The Bertz CT molecular complexity index is 807. The Hall–Kier alpha value is -1.84. The van der Waals surface area contributed by atoms with Crippen molar-refractivity contribution in [3.63, 3.8) is 0 Å². The first-order chi connectivity index (χ1) is 11.9. The number of rotatable bonds is 5. The van der Waals surface area contributed by atoms with Gasteiger partial charge in [0.1, 0.15) is 5.69 Å². The first kappa shape index (κ1) is 18.0. The van der Waals surface area contributed by atoms with Crippen LogP contribution in [0.25, 0.3) is 11.5 Å². The molecular formula is C16H24N6O2S. The molecule has 0 saturated carbocycles. The summed E-state index contributed by atoms with van der Waals surface area (Å²) in [5.74, 6) is 1.23. The fraction of sp³-hybridized carbons (Fsp3) is 0.562. The Morgan fingerprint density at radius 3 is 2.40 bits per heavy atom. The highest BCUT2D eigenvalue weighted by atomic mass is 32.2. The SMILES string of the molecule is CN(C)S(=O)(=O)N1CCC(Cc2cnc(-c3nccn3C)cn2)CC1. The summed E-state index contributed by atoms with van der Waals surface area (Å²) >= 11 is 0. The summed E-state index contributed by atoms with van der Waals surface area (Å²) in [5, 5.41) is 0. The second kappa shape index (κ2) is 7.19. The van der Waals surface area contributed by atoms with Crippen LogP contribution in [-0.2, 0) is 23.7 Å². The number of hydrogen-bond acceptors (Lipinski definition) is 5. The molecule has 9 heteroatoms. The molecule has 1 fully saturated rings. The fourth-order valence-electron chi connectivity index (χ4n) is 3.06. The molecule has 25 heavy (non-hydrogen) atoms. The van der Waals surface area contributed by atoms with E-state index < -0.39 is 10.2 Å². The molecule has 8 nitrogen and oxygen atoms in total. The van der Waals surface area contributed by atoms with Crippen LogP contribution in [0.1, 0.15) is 18.5 Å². The first-order valence-corrected chi connectivity index (χ1v) is 9.74. The van der Waals surface area contributed by atoms with Gasteiger partial charge in [0.15, 0.2) is 5.82 Å². The molecule has 0 radical (unpaired) electrons. The summed E-state index contributed by atoms with van der Waals surface area (Å²) in [7, 11) is 1.76. The third kappa shape index (κ3) is 3.88. The van der Waals surface area contributed by atoms with Crippen molar-refractivity contribution >= 4 is 10.2 Å². The zero-order valence-electron chi connectivity index (χ0n) is 14.8. The molecule has 0 unspecified atom stereocenters. The van der Waals surface area contributed by atoms with E-state index in [0.29, 0.717) is 19.0 Å². The van der Waals surface area contributed by atoms with E-state index in [0.717, 1.165) is 36.5 Å². The van der Waals surface area contributed by atoms with E-state index >= 15 is 0 Å². The Morgan fingerprint density at radius 1 is 1.16 bits per heavy atom. The van der Waals surface area contributed by atoms with Gasteiger partial charge in [-0.25, -0.2) is 9.97 Å². The van der Waals surface area contributed by atoms with Gasteiger partial charge < -0.3 is 4.57 Å². The second-order valence-corrected chi connectivity index (χ2v) is 8.73. The average Bonchev–Trinajstić information content (AvgIpc) is 3.02. The van der Waals surface area contributed by atoms with Gasteiger partial charge in [0.05, 0.1) is 11.9 Å². The molecule has 136 valence electrons. The minimum Gasteiger partial charge on any atom is -0.333 e. The van der Waals surface area contributed by atoms with E-state index in [1.54, 1.807) is 37.0 Å². The average molecular weight is 364 g/mol. The minimum absolute atomic E-state index is 0.432. The van der Waals surface area contributed by atoms with Gasteiger partial charge >= 0.3 is 0 Å². The summed E-state index contributed by atoms with van der Waals surface area (Å²) < 4.78 is 29.0. The van der Waals surface area contributed by atoms with Gasteiger partial charge in [0.25, 0.3) is 10.2 Å². The Kier molecular flexibility index (Phi) is 5.16. The largest absolute Gasteiger partial charge is 0.333 e. The summed E-state index contributed by atoms with van der Waals surface area (Å²) in [6.45, 7) is 1.12. The Balaban J connectivity index is 1.59. The minimum atomic E-state index is -3.30. The van der Waals surface area contributed by atoms with Crippen molar-refractivity contribution in [1.29, 1.82) is 0 Å². The van der Waals surface area contributed by atoms with Gasteiger partial charge in [-0.2, -0.15) is 17.0 Å². The molecule has 0 amide bonds. The van der Waals surface area contributed by atoms with E-state index in [2.05, 4.69) is 15.0 Å². The molecule has 2 aromatic rings. The third-order valence-corrected chi connectivity index (χ3v) is 6.56. The summed E-state index contributed by atoms with van der Waals surface area (Å²) in [5.41, 5.74) is 1.69. The maximum atomic E-state index is 12.1. The zero-order valence-corrected chi connectivity index (χ0v) is 15.6. The van der Waals surface area contributed by atoms with E-state index in [1.165, 1.54) is 4.31 Å². The summed E-state index contributed by atoms with van der Waals surface area (Å²) in [6.07, 6.45) is 9.67. The second-order valence-electron chi connectivity index (χ2n) is 6.59. The van der Waals surface area contributed by atoms with Crippen molar-refractivity contribution in [3.8, 4) is 11.5 Å². The number of imidazole rings is 1. The molecule has 1 aliphatic heterocycles. The molecule has 3 heterocycles. The van der Waals surface area contributed by atoms with Gasteiger partial charge in [-0.3, -0.25) is 4.98 Å². The van der Waals surface area contributed by atoms with Crippen LogP contribution in [0.2, 0.25) is 0 Å². The van der Waals surface area contributed by atoms with Crippen molar-refractivity contribution in [2.24, 2.45) is 13.0 Å². The molecule has 0 bridgehead atoms. The van der Waals surface area contributed by atoms with Crippen molar-refractivity contribution < 1.29 is 8.42 Å². The van der Waals surface area contributed by atoms with Gasteiger partial charge in [0, 0.05) is 52.8 Å². The molecule has 1 saturated heterocycles. The van der Waals surface area contributed by atoms with E-state index in [9.17, 15) is 8.42 Å². The molecular weight excluding hydrogens is 340 g/mol. The highest BCUT2D eigenvalue weighted by Crippen LogP contribution is 2.23. The van der Waals surface area contributed by atoms with Gasteiger partial charge in [-0.05, 0) is 25.2 Å². The van der Waals surface area contributed by atoms with Crippen LogP contribution in [0.4, 0.5) is 0 Å². The third-order valence-electron chi connectivity index (χ3n) is 4.61. The maximum Gasteiger partial charge on any atom is 0.281 e. The van der Waals surface area contributed by atoms with Crippen molar-refractivity contribution in [3.05, 3.63) is 30.5 Å². The molecule has 3 rings (SSSR count). The van der Waals surface area contributed by atoms with Crippen LogP contribution in [0, 0.1) is 5.92 Å². The molecule has 0 spiro atoms. The van der Waals surface area contributed by atoms with E-state index in [-0.39, 0.29) is 0 Å². The van der Waals surface area contributed by atoms with Gasteiger partial charge in [0.2, 0.25) is 0 Å². The monoisotopic (exact) mass is 364 g/mol. The number of hydrogen-bond donors (Lipinski definition) is 0. The van der Waals surface area contributed by atoms with Crippen molar-refractivity contribution in [2.75, 3.05) is 27.2 Å². The summed E-state index contributed by atoms with van der Waals surface area (Å²) in [6, 6.07) is 0. The standard InChI is InChI=1S/C16H24N6O2S/c1-20(2)25(23,24)22-7-4-13(5-8-22)10-14-11-19-15(12-18-14)16-17-6-9-21(16)3/h6,9,11-13H,4-5,7-8,10H2,1-3H3. The van der Waals surface area contributed by atoms with E-state index in [1.807, 2.05) is 17.8 Å². The predicted octanol–water partition coefficient (Wildman–Crippen LogP) is 0.938. The normalized spacial score (nSPS) is 17.3.